The molecule has 2 amide bonds. The summed E-state index contributed by atoms with van der Waals surface area (Å²) in [6, 6.07) is 10.0. The van der Waals surface area contributed by atoms with Crippen LogP contribution in [0.5, 0.6) is 5.75 Å². The van der Waals surface area contributed by atoms with E-state index in [2.05, 4.69) is 5.32 Å². The lowest BCUT2D eigenvalue weighted by Crippen LogP contribution is -2.37. The predicted molar refractivity (Wildman–Crippen MR) is 99.1 cm³/mol. The zero-order valence-corrected chi connectivity index (χ0v) is 15.8. The lowest BCUT2D eigenvalue weighted by molar-refractivity contribution is -0.137. The Kier molecular flexibility index (Phi) is 6.66. The van der Waals surface area contributed by atoms with Crippen LogP contribution in [0.3, 0.4) is 0 Å². The third kappa shape index (κ3) is 5.73. The average Bonchev–Trinajstić information content (AvgIpc) is 2.61. The van der Waals surface area contributed by atoms with E-state index < -0.39 is 30.1 Å². The number of carbonyl (C=O) groups excluding carboxylic acids is 2. The summed E-state index contributed by atoms with van der Waals surface area (Å²) in [5, 5.41) is 2.20. The molecule has 0 aromatic heterocycles. The normalized spacial score (nSPS) is 11.1. The Morgan fingerprint density at radius 1 is 1.07 bits per heavy atom. The van der Waals surface area contributed by atoms with Crippen LogP contribution in [0.4, 0.5) is 18.9 Å². The summed E-state index contributed by atoms with van der Waals surface area (Å²) in [4.78, 5) is 25.3. The fourth-order valence-electron chi connectivity index (χ4n) is 2.39. The highest BCUT2D eigenvalue weighted by molar-refractivity contribution is 5.95. The van der Waals surface area contributed by atoms with Crippen LogP contribution in [0.15, 0.2) is 42.5 Å². The van der Waals surface area contributed by atoms with E-state index in [1.165, 1.54) is 19.2 Å². The van der Waals surface area contributed by atoms with Crippen molar-refractivity contribution in [2.24, 2.45) is 0 Å². The van der Waals surface area contributed by atoms with Gasteiger partial charge in [-0.25, -0.2) is 0 Å². The highest BCUT2D eigenvalue weighted by Gasteiger charge is 2.33. The minimum atomic E-state index is -4.59. The van der Waals surface area contributed by atoms with Crippen molar-refractivity contribution in [2.75, 3.05) is 25.5 Å². The molecule has 2 aromatic rings. The fraction of sp³-hybridized carbons (Fsp3) is 0.300. The predicted octanol–water partition coefficient (Wildman–Crippen LogP) is 3.80. The standard InChI is InChI=1S/C20H21F3N2O3/c1-13-8-9-15(10-14(13)2)28-12-19(27)25(3)11-18(26)24-17-7-5-4-6-16(17)20(21,22)23/h4-10H,11-12H2,1-3H3,(H,24,26). The molecule has 0 aliphatic heterocycles. The number of nitrogens with one attached hydrogen (secondary N) is 1. The smallest absolute Gasteiger partial charge is 0.418 e. The Hall–Kier alpha value is -3.03. The molecule has 0 aliphatic carbocycles. The molecule has 0 spiro atoms. The molecule has 0 atom stereocenters. The monoisotopic (exact) mass is 394 g/mol. The molecule has 0 saturated carbocycles. The Labute approximate surface area is 161 Å². The zero-order valence-electron chi connectivity index (χ0n) is 15.8. The Balaban J connectivity index is 1.91. The van der Waals surface area contributed by atoms with E-state index in [1.54, 1.807) is 12.1 Å². The van der Waals surface area contributed by atoms with Gasteiger partial charge in [0.05, 0.1) is 17.8 Å². The number of halogens is 3. The second-order valence-corrected chi connectivity index (χ2v) is 6.38. The van der Waals surface area contributed by atoms with E-state index >= 15 is 0 Å². The van der Waals surface area contributed by atoms with Crippen LogP contribution in [0.25, 0.3) is 0 Å². The molecule has 2 rings (SSSR count). The Morgan fingerprint density at radius 3 is 2.39 bits per heavy atom. The third-order valence-electron chi connectivity index (χ3n) is 4.15. The number of ether oxygens (including phenoxy) is 1. The number of anilines is 1. The van der Waals surface area contributed by atoms with Gasteiger partial charge in [0.1, 0.15) is 5.75 Å². The molecule has 0 aliphatic rings. The summed E-state index contributed by atoms with van der Waals surface area (Å²) in [6.45, 7) is 3.18. The van der Waals surface area contributed by atoms with Gasteiger partial charge in [-0.3, -0.25) is 9.59 Å². The third-order valence-corrected chi connectivity index (χ3v) is 4.15. The number of hydrogen-bond donors (Lipinski definition) is 1. The molecule has 2 aromatic carbocycles. The lowest BCUT2D eigenvalue weighted by atomic mass is 10.1. The maximum Gasteiger partial charge on any atom is 0.418 e. The minimum absolute atomic E-state index is 0.286. The van der Waals surface area contributed by atoms with Crippen LogP contribution in [0, 0.1) is 13.8 Å². The highest BCUT2D eigenvalue weighted by Crippen LogP contribution is 2.34. The van der Waals surface area contributed by atoms with Gasteiger partial charge in [0, 0.05) is 7.05 Å². The van der Waals surface area contributed by atoms with E-state index in [0.717, 1.165) is 28.2 Å². The van der Waals surface area contributed by atoms with Gasteiger partial charge < -0.3 is 15.0 Å². The summed E-state index contributed by atoms with van der Waals surface area (Å²) in [6.07, 6.45) is -4.59. The van der Waals surface area contributed by atoms with Crippen molar-refractivity contribution < 1.29 is 27.5 Å². The number of alkyl halides is 3. The van der Waals surface area contributed by atoms with Gasteiger partial charge in [-0.05, 0) is 49.2 Å². The molecule has 0 bridgehead atoms. The van der Waals surface area contributed by atoms with Crippen molar-refractivity contribution in [3.63, 3.8) is 0 Å². The molecule has 0 heterocycles. The SMILES string of the molecule is Cc1ccc(OCC(=O)N(C)CC(=O)Nc2ccccc2C(F)(F)F)cc1C. The average molecular weight is 394 g/mol. The molecule has 5 nitrogen and oxygen atoms in total. The van der Waals surface area contributed by atoms with Crippen LogP contribution in [0.2, 0.25) is 0 Å². The first-order chi connectivity index (χ1) is 13.1. The Bertz CT molecular complexity index is 866. The zero-order chi connectivity index (χ0) is 20.9. The second kappa shape index (κ2) is 8.77. The van der Waals surface area contributed by atoms with Crippen LogP contribution in [-0.2, 0) is 15.8 Å². The first-order valence-electron chi connectivity index (χ1n) is 8.48. The van der Waals surface area contributed by atoms with Crippen molar-refractivity contribution in [2.45, 2.75) is 20.0 Å². The van der Waals surface area contributed by atoms with Crippen molar-refractivity contribution in [3.05, 3.63) is 59.2 Å². The van der Waals surface area contributed by atoms with Gasteiger partial charge in [-0.1, -0.05) is 18.2 Å². The number of rotatable bonds is 6. The molecule has 1 N–H and O–H groups in total. The molecule has 28 heavy (non-hydrogen) atoms. The number of para-hydroxylation sites is 1. The number of aryl methyl sites for hydroxylation is 2. The number of carbonyl (C=O) groups is 2. The van der Waals surface area contributed by atoms with E-state index in [-0.39, 0.29) is 12.3 Å². The highest BCUT2D eigenvalue weighted by atomic mass is 19.4. The molecular weight excluding hydrogens is 373 g/mol. The van der Waals surface area contributed by atoms with Gasteiger partial charge in [-0.15, -0.1) is 0 Å². The number of amides is 2. The largest absolute Gasteiger partial charge is 0.484 e. The summed E-state index contributed by atoms with van der Waals surface area (Å²) >= 11 is 0. The van der Waals surface area contributed by atoms with Crippen LogP contribution in [0.1, 0.15) is 16.7 Å². The first-order valence-corrected chi connectivity index (χ1v) is 8.48. The molecule has 0 radical (unpaired) electrons. The van der Waals surface area contributed by atoms with E-state index in [1.807, 2.05) is 19.9 Å². The molecular formula is C20H21F3N2O3. The number of nitrogens with zero attached hydrogens (tertiary/aromatic N) is 1. The van der Waals surface area contributed by atoms with Gasteiger partial charge in [0.15, 0.2) is 6.61 Å². The number of benzene rings is 2. The summed E-state index contributed by atoms with van der Waals surface area (Å²) in [5.74, 6) is -0.690. The lowest BCUT2D eigenvalue weighted by Gasteiger charge is -2.18. The van der Waals surface area contributed by atoms with Gasteiger partial charge in [-0.2, -0.15) is 13.2 Å². The first kappa shape index (κ1) is 21.3. The number of likely N-dealkylation sites (N-methyl/N-ethyl adjacent to an activating group) is 1. The van der Waals surface area contributed by atoms with Gasteiger partial charge in [0.25, 0.3) is 5.91 Å². The molecule has 0 fully saturated rings. The molecule has 8 heteroatoms. The summed E-state index contributed by atoms with van der Waals surface area (Å²) in [5.41, 5.74) is 0.801. The maximum absolute atomic E-state index is 13.0. The molecule has 0 saturated heterocycles. The maximum atomic E-state index is 13.0. The second-order valence-electron chi connectivity index (χ2n) is 6.38. The molecule has 150 valence electrons. The Morgan fingerprint density at radius 2 is 1.75 bits per heavy atom. The van der Waals surface area contributed by atoms with Crippen molar-refractivity contribution in [3.8, 4) is 5.75 Å². The summed E-state index contributed by atoms with van der Waals surface area (Å²) < 4.78 is 44.3. The van der Waals surface area contributed by atoms with E-state index in [4.69, 9.17) is 4.74 Å². The van der Waals surface area contributed by atoms with Crippen molar-refractivity contribution >= 4 is 17.5 Å². The summed E-state index contributed by atoms with van der Waals surface area (Å²) in [7, 11) is 1.38. The van der Waals surface area contributed by atoms with Crippen LogP contribution < -0.4 is 10.1 Å². The number of hydrogen-bond acceptors (Lipinski definition) is 3. The van der Waals surface area contributed by atoms with Gasteiger partial charge >= 0.3 is 6.18 Å². The van der Waals surface area contributed by atoms with E-state index in [0.29, 0.717) is 5.75 Å². The minimum Gasteiger partial charge on any atom is -0.484 e. The van der Waals surface area contributed by atoms with Crippen molar-refractivity contribution in [1.82, 2.24) is 4.90 Å². The van der Waals surface area contributed by atoms with E-state index in [9.17, 15) is 22.8 Å². The quantitative estimate of drug-likeness (QED) is 0.811. The molecule has 0 unspecified atom stereocenters. The van der Waals surface area contributed by atoms with Gasteiger partial charge in [0.2, 0.25) is 5.91 Å². The van der Waals surface area contributed by atoms with Crippen LogP contribution in [-0.4, -0.2) is 36.9 Å². The fourth-order valence-corrected chi connectivity index (χ4v) is 2.39. The van der Waals surface area contributed by atoms with Crippen LogP contribution >= 0.6 is 0 Å². The topological polar surface area (TPSA) is 58.6 Å². The van der Waals surface area contributed by atoms with Crippen molar-refractivity contribution in [1.29, 1.82) is 0 Å².